The number of nitrogens with one attached hydrogen (secondary N) is 1. The average molecular weight is 253 g/mol. The summed E-state index contributed by atoms with van der Waals surface area (Å²) < 4.78 is 0. The van der Waals surface area contributed by atoms with Gasteiger partial charge in [-0.25, -0.2) is 10.0 Å². The molecule has 2 aliphatic rings. The summed E-state index contributed by atoms with van der Waals surface area (Å²) in [6, 6.07) is 1.46. The first-order valence-corrected chi connectivity index (χ1v) is 8.00. The van der Waals surface area contributed by atoms with Crippen LogP contribution in [0.3, 0.4) is 0 Å². The molecule has 106 valence electrons. The van der Waals surface area contributed by atoms with Gasteiger partial charge in [-0.15, -0.1) is 0 Å². The van der Waals surface area contributed by atoms with Gasteiger partial charge in [-0.2, -0.15) is 0 Å². The molecule has 0 aromatic carbocycles. The molecule has 18 heavy (non-hydrogen) atoms. The third kappa shape index (κ3) is 3.06. The number of hydrogen-bond acceptors (Lipinski definition) is 3. The lowest BCUT2D eigenvalue weighted by Gasteiger charge is -2.40. The first kappa shape index (κ1) is 14.3. The van der Waals surface area contributed by atoms with Gasteiger partial charge in [0.05, 0.1) is 6.17 Å². The Morgan fingerprint density at radius 3 is 2.22 bits per heavy atom. The molecule has 0 radical (unpaired) electrons. The number of hydrogen-bond donors (Lipinski definition) is 1. The Morgan fingerprint density at radius 1 is 1.06 bits per heavy atom. The van der Waals surface area contributed by atoms with Crippen LogP contribution in [0, 0.1) is 0 Å². The zero-order valence-corrected chi connectivity index (χ0v) is 12.5. The van der Waals surface area contributed by atoms with E-state index < -0.39 is 0 Å². The van der Waals surface area contributed by atoms with Crippen LogP contribution in [0.2, 0.25) is 0 Å². The Hall–Kier alpha value is -0.120. The maximum absolute atomic E-state index is 3.53. The molecule has 0 amide bonds. The van der Waals surface area contributed by atoms with Gasteiger partial charge >= 0.3 is 0 Å². The fraction of sp³-hybridized carbons (Fsp3) is 1.00. The Balaban J connectivity index is 2.05. The summed E-state index contributed by atoms with van der Waals surface area (Å²) in [5.74, 6) is 0. The molecule has 1 heterocycles. The second-order valence-electron chi connectivity index (χ2n) is 6.02. The molecule has 1 saturated heterocycles. The summed E-state index contributed by atoms with van der Waals surface area (Å²) in [6.45, 7) is 5.82. The Kier molecular flexibility index (Phi) is 5.46. The molecule has 1 saturated carbocycles. The highest BCUT2D eigenvalue weighted by Crippen LogP contribution is 2.30. The fourth-order valence-corrected chi connectivity index (χ4v) is 3.85. The van der Waals surface area contributed by atoms with Crippen molar-refractivity contribution in [3.05, 3.63) is 0 Å². The minimum Gasteiger partial charge on any atom is -0.304 e. The minimum atomic E-state index is 0.560. The van der Waals surface area contributed by atoms with E-state index in [1.807, 2.05) is 0 Å². The molecule has 2 atom stereocenters. The van der Waals surface area contributed by atoms with Crippen molar-refractivity contribution in [2.45, 2.75) is 83.5 Å². The molecule has 2 unspecified atom stereocenters. The monoisotopic (exact) mass is 253 g/mol. The van der Waals surface area contributed by atoms with Gasteiger partial charge in [-0.05, 0) is 33.2 Å². The van der Waals surface area contributed by atoms with Crippen LogP contribution < -0.4 is 5.32 Å². The summed E-state index contributed by atoms with van der Waals surface area (Å²) in [5, 5.41) is 8.82. The van der Waals surface area contributed by atoms with Crippen LogP contribution in [0.15, 0.2) is 0 Å². The van der Waals surface area contributed by atoms with Crippen molar-refractivity contribution in [1.82, 2.24) is 15.3 Å². The van der Waals surface area contributed by atoms with Gasteiger partial charge < -0.3 is 5.32 Å². The van der Waals surface area contributed by atoms with E-state index in [0.29, 0.717) is 12.2 Å². The van der Waals surface area contributed by atoms with Gasteiger partial charge in [0.1, 0.15) is 0 Å². The SMILES string of the molecule is CCN1C(C)CC(NC)N1C1CCCCCCC1. The van der Waals surface area contributed by atoms with Crippen LogP contribution in [0.25, 0.3) is 0 Å². The maximum atomic E-state index is 3.53. The van der Waals surface area contributed by atoms with Gasteiger partial charge in [0, 0.05) is 18.6 Å². The molecule has 3 heteroatoms. The standard InChI is InChI=1S/C15H31N3/c1-4-17-13(2)12-15(16-3)18(17)14-10-8-6-5-7-9-11-14/h13-16H,4-12H2,1-3H3. The molecule has 2 rings (SSSR count). The number of hydrazine groups is 1. The highest BCUT2D eigenvalue weighted by Gasteiger charge is 2.39. The van der Waals surface area contributed by atoms with E-state index >= 15 is 0 Å². The summed E-state index contributed by atoms with van der Waals surface area (Å²) in [7, 11) is 2.12. The topological polar surface area (TPSA) is 18.5 Å². The van der Waals surface area contributed by atoms with Crippen LogP contribution >= 0.6 is 0 Å². The Morgan fingerprint density at radius 2 is 1.67 bits per heavy atom. The zero-order valence-electron chi connectivity index (χ0n) is 12.5. The molecule has 1 N–H and O–H groups in total. The van der Waals surface area contributed by atoms with Crippen molar-refractivity contribution in [3.8, 4) is 0 Å². The second-order valence-corrected chi connectivity index (χ2v) is 6.02. The molecule has 0 bridgehead atoms. The van der Waals surface area contributed by atoms with Crippen molar-refractivity contribution in [3.63, 3.8) is 0 Å². The normalized spacial score (nSPS) is 33.5. The Bertz CT molecular complexity index is 236. The van der Waals surface area contributed by atoms with E-state index in [1.165, 1.54) is 51.4 Å². The first-order valence-electron chi connectivity index (χ1n) is 8.00. The van der Waals surface area contributed by atoms with Gasteiger partial charge in [-0.3, -0.25) is 0 Å². The van der Waals surface area contributed by atoms with Crippen molar-refractivity contribution in [1.29, 1.82) is 0 Å². The predicted octanol–water partition coefficient (Wildman–Crippen LogP) is 2.98. The van der Waals surface area contributed by atoms with E-state index in [9.17, 15) is 0 Å². The van der Waals surface area contributed by atoms with Gasteiger partial charge in [0.15, 0.2) is 0 Å². The fourth-order valence-electron chi connectivity index (χ4n) is 3.85. The number of nitrogens with zero attached hydrogens (tertiary/aromatic N) is 2. The van der Waals surface area contributed by atoms with Crippen molar-refractivity contribution in [2.24, 2.45) is 0 Å². The molecule has 1 aliphatic heterocycles. The molecular weight excluding hydrogens is 222 g/mol. The quantitative estimate of drug-likeness (QED) is 0.834. The highest BCUT2D eigenvalue weighted by atomic mass is 15.7. The zero-order chi connectivity index (χ0) is 13.0. The van der Waals surface area contributed by atoms with Crippen LogP contribution in [0.5, 0.6) is 0 Å². The van der Waals surface area contributed by atoms with Crippen molar-refractivity contribution < 1.29 is 0 Å². The predicted molar refractivity (Wildman–Crippen MR) is 77.3 cm³/mol. The molecular formula is C15H31N3. The second kappa shape index (κ2) is 6.88. The molecule has 0 spiro atoms. The first-order chi connectivity index (χ1) is 8.77. The number of rotatable bonds is 3. The van der Waals surface area contributed by atoms with E-state index in [1.54, 1.807) is 0 Å². The van der Waals surface area contributed by atoms with Gasteiger partial charge in [0.2, 0.25) is 0 Å². The van der Waals surface area contributed by atoms with Crippen LogP contribution in [0.1, 0.15) is 65.2 Å². The highest BCUT2D eigenvalue weighted by molar-refractivity contribution is 4.87. The largest absolute Gasteiger partial charge is 0.304 e. The third-order valence-electron chi connectivity index (χ3n) is 4.80. The van der Waals surface area contributed by atoms with Crippen LogP contribution in [0.4, 0.5) is 0 Å². The molecule has 1 aliphatic carbocycles. The van der Waals surface area contributed by atoms with E-state index in [-0.39, 0.29) is 0 Å². The van der Waals surface area contributed by atoms with E-state index in [0.717, 1.165) is 12.6 Å². The van der Waals surface area contributed by atoms with Crippen LogP contribution in [-0.4, -0.2) is 41.9 Å². The van der Waals surface area contributed by atoms with Crippen molar-refractivity contribution >= 4 is 0 Å². The lowest BCUT2D eigenvalue weighted by molar-refractivity contribution is -0.0689. The van der Waals surface area contributed by atoms with Gasteiger partial charge in [-0.1, -0.05) is 39.0 Å². The summed E-state index contributed by atoms with van der Waals surface area (Å²) in [4.78, 5) is 0. The van der Waals surface area contributed by atoms with Gasteiger partial charge in [0.25, 0.3) is 0 Å². The van der Waals surface area contributed by atoms with Crippen LogP contribution in [-0.2, 0) is 0 Å². The smallest absolute Gasteiger partial charge is 0.0751 e. The van der Waals surface area contributed by atoms with E-state index in [2.05, 4.69) is 36.2 Å². The maximum Gasteiger partial charge on any atom is 0.0751 e. The summed E-state index contributed by atoms with van der Waals surface area (Å²) >= 11 is 0. The molecule has 2 fully saturated rings. The van der Waals surface area contributed by atoms with E-state index in [4.69, 9.17) is 0 Å². The summed E-state index contributed by atoms with van der Waals surface area (Å²) in [5.41, 5.74) is 0. The third-order valence-corrected chi connectivity index (χ3v) is 4.80. The lowest BCUT2D eigenvalue weighted by atomic mass is 9.96. The Labute approximate surface area is 113 Å². The average Bonchev–Trinajstić information content (AvgIpc) is 2.65. The molecule has 0 aromatic heterocycles. The summed E-state index contributed by atoms with van der Waals surface area (Å²) in [6.07, 6.45) is 11.8. The van der Waals surface area contributed by atoms with Crippen molar-refractivity contribution in [2.75, 3.05) is 13.6 Å². The molecule has 0 aromatic rings. The lowest BCUT2D eigenvalue weighted by Crippen LogP contribution is -2.52. The molecule has 3 nitrogen and oxygen atoms in total. The minimum absolute atomic E-state index is 0.560.